The molecule has 1 heterocycles. The number of benzene rings is 1. The minimum absolute atomic E-state index is 0.116. The van der Waals surface area contributed by atoms with Crippen molar-refractivity contribution in [3.63, 3.8) is 0 Å². The molecule has 0 amide bonds. The molecule has 2 nitrogen and oxygen atoms in total. The van der Waals surface area contributed by atoms with E-state index in [1.807, 2.05) is 13.0 Å². The van der Waals surface area contributed by atoms with E-state index in [0.717, 1.165) is 12.8 Å². The molecule has 19 heavy (non-hydrogen) atoms. The minimum atomic E-state index is -0.969. The summed E-state index contributed by atoms with van der Waals surface area (Å²) in [7, 11) is 0. The average molecular weight is 262 g/mol. The number of fused-ring (bicyclic) bond motifs is 1. The number of halogens is 1. The number of hydrogen-bond donors (Lipinski definition) is 1. The topological polar surface area (TPSA) is 33.4 Å². The Morgan fingerprint density at radius 1 is 1.37 bits per heavy atom. The minimum Gasteiger partial charge on any atom is -0.455 e. The van der Waals surface area contributed by atoms with Crippen LogP contribution in [0.15, 0.2) is 28.7 Å². The lowest BCUT2D eigenvalue weighted by Crippen LogP contribution is -2.40. The normalized spacial score (nSPS) is 31.8. The van der Waals surface area contributed by atoms with Gasteiger partial charge in [0.15, 0.2) is 11.4 Å². The Balaban J connectivity index is 2.10. The van der Waals surface area contributed by atoms with Gasteiger partial charge in [-0.15, -0.1) is 0 Å². The van der Waals surface area contributed by atoms with Gasteiger partial charge in [-0.2, -0.15) is 0 Å². The smallest absolute Gasteiger partial charge is 0.170 e. The van der Waals surface area contributed by atoms with E-state index in [0.29, 0.717) is 23.5 Å². The Bertz CT molecular complexity index is 604. The van der Waals surface area contributed by atoms with Crippen molar-refractivity contribution >= 4 is 11.0 Å². The van der Waals surface area contributed by atoms with Gasteiger partial charge in [0.1, 0.15) is 11.4 Å². The molecule has 3 heteroatoms. The van der Waals surface area contributed by atoms with Crippen LogP contribution in [0.5, 0.6) is 0 Å². The molecule has 1 aromatic carbocycles. The molecular formula is C16H19FO2. The molecule has 1 aliphatic rings. The number of para-hydroxylation sites is 1. The molecule has 0 bridgehead atoms. The quantitative estimate of drug-likeness (QED) is 0.835. The highest BCUT2D eigenvalue weighted by molar-refractivity contribution is 5.78. The third-order valence-electron chi connectivity index (χ3n) is 4.75. The van der Waals surface area contributed by atoms with Crippen LogP contribution >= 0.6 is 0 Å². The van der Waals surface area contributed by atoms with Crippen molar-refractivity contribution in [2.45, 2.75) is 38.7 Å². The van der Waals surface area contributed by atoms with Crippen LogP contribution in [0.4, 0.5) is 4.39 Å². The molecule has 3 atom stereocenters. The van der Waals surface area contributed by atoms with Gasteiger partial charge in [0.2, 0.25) is 0 Å². The predicted octanol–water partition coefficient (Wildman–Crippen LogP) is 4.22. The summed E-state index contributed by atoms with van der Waals surface area (Å²) in [6.45, 7) is 4.20. The second-order valence-electron chi connectivity index (χ2n) is 5.85. The highest BCUT2D eigenvalue weighted by Crippen LogP contribution is 2.45. The van der Waals surface area contributed by atoms with Crippen molar-refractivity contribution in [2.24, 2.45) is 11.8 Å². The van der Waals surface area contributed by atoms with Gasteiger partial charge in [0, 0.05) is 5.39 Å². The molecule has 2 aromatic rings. The molecule has 3 rings (SSSR count). The Labute approximate surface area is 112 Å². The van der Waals surface area contributed by atoms with Crippen LogP contribution in [0.1, 0.15) is 38.9 Å². The zero-order chi connectivity index (χ0) is 13.6. The average Bonchev–Trinajstić information content (AvgIpc) is 2.82. The van der Waals surface area contributed by atoms with Gasteiger partial charge in [0.05, 0.1) is 0 Å². The van der Waals surface area contributed by atoms with E-state index >= 15 is 0 Å². The highest BCUT2D eigenvalue weighted by Gasteiger charge is 2.43. The first-order chi connectivity index (χ1) is 9.02. The van der Waals surface area contributed by atoms with Crippen LogP contribution in [-0.4, -0.2) is 5.11 Å². The zero-order valence-electron chi connectivity index (χ0n) is 11.3. The monoisotopic (exact) mass is 262 g/mol. The first-order valence-electron chi connectivity index (χ1n) is 6.93. The molecule has 3 unspecified atom stereocenters. The highest BCUT2D eigenvalue weighted by atomic mass is 19.1. The first kappa shape index (κ1) is 12.7. The summed E-state index contributed by atoms with van der Waals surface area (Å²) < 4.78 is 19.3. The van der Waals surface area contributed by atoms with Crippen molar-refractivity contribution in [1.29, 1.82) is 0 Å². The molecule has 1 fully saturated rings. The molecule has 1 aromatic heterocycles. The van der Waals surface area contributed by atoms with Gasteiger partial charge < -0.3 is 9.52 Å². The third kappa shape index (κ3) is 1.88. The number of hydrogen-bond acceptors (Lipinski definition) is 2. The molecule has 0 spiro atoms. The molecule has 0 saturated heterocycles. The van der Waals surface area contributed by atoms with E-state index in [4.69, 9.17) is 4.42 Å². The summed E-state index contributed by atoms with van der Waals surface area (Å²) in [6, 6.07) is 6.64. The van der Waals surface area contributed by atoms with E-state index in [1.54, 1.807) is 12.1 Å². The van der Waals surface area contributed by atoms with Gasteiger partial charge in [-0.1, -0.05) is 32.4 Å². The van der Waals surface area contributed by atoms with Crippen molar-refractivity contribution in [2.75, 3.05) is 0 Å². The first-order valence-corrected chi connectivity index (χ1v) is 6.93. The summed E-state index contributed by atoms with van der Waals surface area (Å²) in [4.78, 5) is 0. The van der Waals surface area contributed by atoms with Crippen molar-refractivity contribution < 1.29 is 13.9 Å². The summed E-state index contributed by atoms with van der Waals surface area (Å²) in [6.07, 6.45) is 2.78. The van der Waals surface area contributed by atoms with E-state index in [9.17, 15) is 9.50 Å². The number of aliphatic hydroxyl groups is 1. The SMILES string of the molecule is CC1CCCC(O)(c2cc3cccc(F)c3o2)C1C. The second-order valence-corrected chi connectivity index (χ2v) is 5.85. The van der Waals surface area contributed by atoms with Crippen LogP contribution in [0.2, 0.25) is 0 Å². The summed E-state index contributed by atoms with van der Waals surface area (Å²) in [5.74, 6) is 0.692. The fraction of sp³-hybridized carbons (Fsp3) is 0.500. The lowest BCUT2D eigenvalue weighted by atomic mass is 9.69. The van der Waals surface area contributed by atoms with Crippen LogP contribution in [0.3, 0.4) is 0 Å². The van der Waals surface area contributed by atoms with Gasteiger partial charge >= 0.3 is 0 Å². The summed E-state index contributed by atoms with van der Waals surface area (Å²) in [5.41, 5.74) is -0.722. The summed E-state index contributed by atoms with van der Waals surface area (Å²) in [5, 5.41) is 11.7. The Kier molecular flexibility index (Phi) is 2.90. The van der Waals surface area contributed by atoms with Gasteiger partial charge in [-0.25, -0.2) is 4.39 Å². The lowest BCUT2D eigenvalue weighted by Gasteiger charge is -2.40. The Hall–Kier alpha value is -1.35. The molecule has 0 aliphatic heterocycles. The third-order valence-corrected chi connectivity index (χ3v) is 4.75. The standard InChI is InChI=1S/C16H19FO2/c1-10-5-4-8-16(18,11(10)2)14-9-12-6-3-7-13(17)15(12)19-14/h3,6-7,9-11,18H,4-5,8H2,1-2H3. The molecule has 102 valence electrons. The summed E-state index contributed by atoms with van der Waals surface area (Å²) >= 11 is 0. The largest absolute Gasteiger partial charge is 0.455 e. The van der Waals surface area contributed by atoms with E-state index in [1.165, 1.54) is 6.07 Å². The number of furan rings is 1. The van der Waals surface area contributed by atoms with Crippen molar-refractivity contribution in [1.82, 2.24) is 0 Å². The van der Waals surface area contributed by atoms with Crippen LogP contribution in [0, 0.1) is 17.7 Å². The second kappa shape index (κ2) is 4.34. The Morgan fingerprint density at radius 3 is 2.89 bits per heavy atom. The van der Waals surface area contributed by atoms with Crippen LogP contribution in [0.25, 0.3) is 11.0 Å². The van der Waals surface area contributed by atoms with E-state index in [-0.39, 0.29) is 17.3 Å². The van der Waals surface area contributed by atoms with Gasteiger partial charge in [-0.05, 0) is 36.8 Å². The maximum absolute atomic E-state index is 13.7. The Morgan fingerprint density at radius 2 is 2.16 bits per heavy atom. The van der Waals surface area contributed by atoms with Crippen LogP contribution < -0.4 is 0 Å². The molecule has 1 N–H and O–H groups in total. The zero-order valence-corrected chi connectivity index (χ0v) is 11.3. The van der Waals surface area contributed by atoms with Gasteiger partial charge in [-0.3, -0.25) is 0 Å². The lowest BCUT2D eigenvalue weighted by molar-refractivity contribution is -0.0831. The number of rotatable bonds is 1. The molecule has 1 saturated carbocycles. The van der Waals surface area contributed by atoms with E-state index in [2.05, 4.69) is 6.92 Å². The fourth-order valence-corrected chi connectivity index (χ4v) is 3.23. The molecular weight excluding hydrogens is 243 g/mol. The van der Waals surface area contributed by atoms with E-state index < -0.39 is 5.60 Å². The maximum atomic E-state index is 13.7. The van der Waals surface area contributed by atoms with Crippen molar-refractivity contribution in [3.05, 3.63) is 35.8 Å². The van der Waals surface area contributed by atoms with Crippen LogP contribution in [-0.2, 0) is 5.60 Å². The van der Waals surface area contributed by atoms with Crippen molar-refractivity contribution in [3.8, 4) is 0 Å². The van der Waals surface area contributed by atoms with Gasteiger partial charge in [0.25, 0.3) is 0 Å². The maximum Gasteiger partial charge on any atom is 0.170 e. The molecule has 1 aliphatic carbocycles. The molecule has 0 radical (unpaired) electrons. The fourth-order valence-electron chi connectivity index (χ4n) is 3.23. The predicted molar refractivity (Wildman–Crippen MR) is 72.2 cm³/mol.